The summed E-state index contributed by atoms with van der Waals surface area (Å²) in [5.74, 6) is 0. The number of para-hydroxylation sites is 1. The fourth-order valence-corrected chi connectivity index (χ4v) is 1.32. The van der Waals surface area contributed by atoms with Gasteiger partial charge in [0.15, 0.2) is 0 Å². The minimum Gasteiger partial charge on any atom is -0.286 e. The van der Waals surface area contributed by atoms with Crippen LogP contribution in [0.4, 0.5) is 0 Å². The molecule has 0 unspecified atom stereocenters. The Morgan fingerprint density at radius 2 is 1.71 bits per heavy atom. The highest BCUT2D eigenvalue weighted by atomic mass is 32.2. The average molecular weight is 253 g/mol. The zero-order chi connectivity index (χ0) is 13.1. The SMILES string of the molecule is CS(=O)(=O)O.Cc1cc2ccccc2nc1C. The number of pyridine rings is 1. The van der Waals surface area contributed by atoms with Crippen molar-refractivity contribution in [1.82, 2.24) is 4.98 Å². The number of hydrogen-bond acceptors (Lipinski definition) is 3. The second-order valence-electron chi connectivity index (χ2n) is 3.82. The molecule has 0 aliphatic rings. The Labute approximate surface area is 101 Å². The van der Waals surface area contributed by atoms with E-state index >= 15 is 0 Å². The summed E-state index contributed by atoms with van der Waals surface area (Å²) >= 11 is 0. The van der Waals surface area contributed by atoms with Crippen LogP contribution in [0.2, 0.25) is 0 Å². The Balaban J connectivity index is 0.000000249. The maximum absolute atomic E-state index is 9.19. The summed E-state index contributed by atoms with van der Waals surface area (Å²) < 4.78 is 25.9. The standard InChI is InChI=1S/C11H11N.CH4O3S/c1-8-7-10-5-3-4-6-11(10)12-9(8)2;1-5(2,3)4/h3-7H,1-2H3;1H3,(H,2,3,4). The zero-order valence-corrected chi connectivity index (χ0v) is 10.8. The quantitative estimate of drug-likeness (QED) is 0.732. The molecule has 92 valence electrons. The van der Waals surface area contributed by atoms with Crippen molar-refractivity contribution in [3.8, 4) is 0 Å². The monoisotopic (exact) mass is 253 g/mol. The topological polar surface area (TPSA) is 67.3 Å². The lowest BCUT2D eigenvalue weighted by Gasteiger charge is -2.01. The van der Waals surface area contributed by atoms with Crippen LogP contribution in [0.15, 0.2) is 30.3 Å². The molecule has 0 spiro atoms. The van der Waals surface area contributed by atoms with Gasteiger partial charge in [-0.1, -0.05) is 18.2 Å². The molecule has 0 saturated heterocycles. The number of hydrogen-bond donors (Lipinski definition) is 1. The normalized spacial score (nSPS) is 10.8. The van der Waals surface area contributed by atoms with Gasteiger partial charge in [0.2, 0.25) is 0 Å². The van der Waals surface area contributed by atoms with Crippen molar-refractivity contribution in [3.05, 3.63) is 41.6 Å². The Hall–Kier alpha value is -1.46. The molecule has 0 amide bonds. The van der Waals surface area contributed by atoms with Crippen molar-refractivity contribution in [3.63, 3.8) is 0 Å². The van der Waals surface area contributed by atoms with Crippen LogP contribution >= 0.6 is 0 Å². The molecule has 0 radical (unpaired) electrons. The van der Waals surface area contributed by atoms with Crippen molar-refractivity contribution in [2.24, 2.45) is 0 Å². The Morgan fingerprint density at radius 1 is 1.18 bits per heavy atom. The molecule has 1 aromatic carbocycles. The van der Waals surface area contributed by atoms with Crippen molar-refractivity contribution >= 4 is 21.0 Å². The van der Waals surface area contributed by atoms with Crippen LogP contribution in [0.25, 0.3) is 10.9 Å². The van der Waals surface area contributed by atoms with Gasteiger partial charge < -0.3 is 0 Å². The first-order valence-corrected chi connectivity index (χ1v) is 6.87. The van der Waals surface area contributed by atoms with E-state index in [9.17, 15) is 8.42 Å². The van der Waals surface area contributed by atoms with E-state index in [1.165, 1.54) is 10.9 Å². The lowest BCUT2D eigenvalue weighted by atomic mass is 10.1. The van der Waals surface area contributed by atoms with Gasteiger partial charge in [0, 0.05) is 11.1 Å². The van der Waals surface area contributed by atoms with Crippen LogP contribution in [0.3, 0.4) is 0 Å². The molecule has 0 saturated carbocycles. The zero-order valence-electron chi connectivity index (χ0n) is 10.0. The smallest absolute Gasteiger partial charge is 0.261 e. The fraction of sp³-hybridized carbons (Fsp3) is 0.250. The molecular weight excluding hydrogens is 238 g/mol. The Bertz CT molecular complexity index is 572. The molecule has 0 bridgehead atoms. The van der Waals surface area contributed by atoms with Crippen LogP contribution < -0.4 is 0 Å². The van der Waals surface area contributed by atoms with Crippen molar-refractivity contribution in [2.75, 3.05) is 6.26 Å². The third-order valence-electron chi connectivity index (χ3n) is 2.17. The van der Waals surface area contributed by atoms with Gasteiger partial charge in [-0.2, -0.15) is 8.42 Å². The highest BCUT2D eigenvalue weighted by Crippen LogP contribution is 2.14. The van der Waals surface area contributed by atoms with Gasteiger partial charge in [-0.05, 0) is 31.5 Å². The van der Waals surface area contributed by atoms with E-state index in [1.807, 2.05) is 25.1 Å². The summed E-state index contributed by atoms with van der Waals surface area (Å²) in [6, 6.07) is 10.4. The minimum atomic E-state index is -3.67. The first-order chi connectivity index (χ1) is 7.77. The van der Waals surface area contributed by atoms with E-state index in [4.69, 9.17) is 4.55 Å². The molecule has 0 aliphatic carbocycles. The molecule has 2 rings (SSSR count). The lowest BCUT2D eigenvalue weighted by molar-refractivity contribution is 0.490. The van der Waals surface area contributed by atoms with Crippen LogP contribution in [0, 0.1) is 13.8 Å². The number of fused-ring (bicyclic) bond motifs is 1. The number of benzene rings is 1. The van der Waals surface area contributed by atoms with E-state index in [-0.39, 0.29) is 0 Å². The van der Waals surface area contributed by atoms with Crippen LogP contribution in [0.5, 0.6) is 0 Å². The van der Waals surface area contributed by atoms with Gasteiger partial charge in [0.05, 0.1) is 11.8 Å². The maximum atomic E-state index is 9.19. The Morgan fingerprint density at radius 3 is 2.29 bits per heavy atom. The molecule has 0 atom stereocenters. The van der Waals surface area contributed by atoms with Crippen molar-refractivity contribution < 1.29 is 13.0 Å². The fourth-order valence-electron chi connectivity index (χ4n) is 1.32. The predicted molar refractivity (Wildman–Crippen MR) is 68.7 cm³/mol. The molecule has 17 heavy (non-hydrogen) atoms. The Kier molecular flexibility index (Phi) is 4.20. The molecule has 0 fully saturated rings. The first kappa shape index (κ1) is 13.6. The minimum absolute atomic E-state index is 0.715. The number of aryl methyl sites for hydroxylation is 2. The molecule has 2 aromatic rings. The average Bonchev–Trinajstić information content (AvgIpc) is 2.17. The summed E-state index contributed by atoms with van der Waals surface area (Å²) in [5, 5.41) is 1.22. The number of rotatable bonds is 0. The van der Waals surface area contributed by atoms with Crippen LogP contribution in [-0.2, 0) is 10.1 Å². The van der Waals surface area contributed by atoms with E-state index < -0.39 is 10.1 Å². The van der Waals surface area contributed by atoms with Gasteiger partial charge in [0.1, 0.15) is 0 Å². The van der Waals surface area contributed by atoms with E-state index in [2.05, 4.69) is 24.0 Å². The number of aromatic nitrogens is 1. The van der Waals surface area contributed by atoms with E-state index in [0.717, 1.165) is 11.2 Å². The van der Waals surface area contributed by atoms with Crippen LogP contribution in [-0.4, -0.2) is 24.2 Å². The highest BCUT2D eigenvalue weighted by molar-refractivity contribution is 7.85. The molecule has 0 aliphatic heterocycles. The molecule has 1 aromatic heterocycles. The summed E-state index contributed by atoms with van der Waals surface area (Å²) in [5.41, 5.74) is 3.46. The summed E-state index contributed by atoms with van der Waals surface area (Å²) in [4.78, 5) is 4.48. The molecular formula is C12H15NO3S. The lowest BCUT2D eigenvalue weighted by Crippen LogP contribution is -1.88. The predicted octanol–water partition coefficient (Wildman–Crippen LogP) is 2.36. The van der Waals surface area contributed by atoms with Crippen molar-refractivity contribution in [1.29, 1.82) is 0 Å². The van der Waals surface area contributed by atoms with E-state index in [1.54, 1.807) is 0 Å². The number of nitrogens with zero attached hydrogens (tertiary/aromatic N) is 1. The van der Waals surface area contributed by atoms with Crippen LogP contribution in [0.1, 0.15) is 11.3 Å². The largest absolute Gasteiger partial charge is 0.286 e. The molecule has 5 heteroatoms. The second-order valence-corrected chi connectivity index (χ2v) is 5.28. The molecule has 1 N–H and O–H groups in total. The first-order valence-electron chi connectivity index (χ1n) is 5.03. The summed E-state index contributed by atoms with van der Waals surface area (Å²) in [6.07, 6.45) is 0.715. The van der Waals surface area contributed by atoms with Gasteiger partial charge in [-0.3, -0.25) is 9.54 Å². The molecule has 4 nitrogen and oxygen atoms in total. The van der Waals surface area contributed by atoms with Gasteiger partial charge in [-0.25, -0.2) is 0 Å². The highest BCUT2D eigenvalue weighted by Gasteiger charge is 1.96. The maximum Gasteiger partial charge on any atom is 0.261 e. The van der Waals surface area contributed by atoms with Gasteiger partial charge in [-0.15, -0.1) is 0 Å². The van der Waals surface area contributed by atoms with Gasteiger partial charge >= 0.3 is 0 Å². The summed E-state index contributed by atoms with van der Waals surface area (Å²) in [6.45, 7) is 4.14. The van der Waals surface area contributed by atoms with Gasteiger partial charge in [0.25, 0.3) is 10.1 Å². The molecule has 1 heterocycles. The third kappa shape index (κ3) is 4.93. The summed E-state index contributed by atoms with van der Waals surface area (Å²) in [7, 11) is -3.67. The second kappa shape index (κ2) is 5.25. The third-order valence-corrected chi connectivity index (χ3v) is 2.17. The van der Waals surface area contributed by atoms with Crippen molar-refractivity contribution in [2.45, 2.75) is 13.8 Å². The van der Waals surface area contributed by atoms with E-state index in [0.29, 0.717) is 6.26 Å².